The van der Waals surface area contributed by atoms with E-state index in [4.69, 9.17) is 22.1 Å². The molecule has 14 heteroatoms. The molecule has 224 valence electrons. The van der Waals surface area contributed by atoms with E-state index < -0.39 is 66.2 Å². The van der Waals surface area contributed by atoms with Gasteiger partial charge in [0.05, 0.1) is 44.1 Å². The standard InChI is InChI=1S/C26H36ClF3N4O6/c1-16(31)22(36)32-20(14-39-2)23(37)33-25(12-17-5-7-19(27)8-6-17)9-4-10-34(15-25)24(38)18(11-21(35)40-3)13-26(28,29)30/h5-8,16,18,20H,4,9-15,31H2,1-3H3,(H,32,36)(H,33,37)/t16-,18-,20?,25+/m0/s1. The van der Waals surface area contributed by atoms with Crippen molar-refractivity contribution in [3.63, 3.8) is 0 Å². The Kier molecular flexibility index (Phi) is 12.2. The van der Waals surface area contributed by atoms with Crippen LogP contribution in [0.2, 0.25) is 5.02 Å². The number of esters is 1. The van der Waals surface area contributed by atoms with Gasteiger partial charge in [0.2, 0.25) is 17.7 Å². The number of rotatable bonds is 12. The fraction of sp³-hybridized carbons (Fsp3) is 0.615. The molecule has 3 amide bonds. The smallest absolute Gasteiger partial charge is 0.389 e. The van der Waals surface area contributed by atoms with Crippen LogP contribution in [-0.2, 0) is 35.1 Å². The number of hydrogen-bond donors (Lipinski definition) is 3. The van der Waals surface area contributed by atoms with E-state index in [-0.39, 0.29) is 26.1 Å². The minimum absolute atomic E-state index is 0.128. The maximum atomic E-state index is 13.4. The van der Waals surface area contributed by atoms with Crippen LogP contribution in [0.4, 0.5) is 13.2 Å². The Morgan fingerprint density at radius 3 is 2.35 bits per heavy atom. The highest BCUT2D eigenvalue weighted by Crippen LogP contribution is 2.32. The topological polar surface area (TPSA) is 140 Å². The number of carbonyl (C=O) groups excluding carboxylic acids is 4. The fourth-order valence-electron chi connectivity index (χ4n) is 4.67. The molecule has 1 unspecified atom stereocenters. The molecule has 1 aliphatic rings. The van der Waals surface area contributed by atoms with Gasteiger partial charge in [0.25, 0.3) is 0 Å². The number of alkyl halides is 3. The van der Waals surface area contributed by atoms with E-state index in [2.05, 4.69) is 15.4 Å². The molecule has 1 fully saturated rings. The van der Waals surface area contributed by atoms with Crippen LogP contribution in [0.15, 0.2) is 24.3 Å². The molecule has 1 aliphatic heterocycles. The van der Waals surface area contributed by atoms with Crippen molar-refractivity contribution in [1.82, 2.24) is 15.5 Å². The van der Waals surface area contributed by atoms with E-state index in [9.17, 15) is 32.3 Å². The number of benzene rings is 1. The summed E-state index contributed by atoms with van der Waals surface area (Å²) in [6.45, 7) is 1.29. The summed E-state index contributed by atoms with van der Waals surface area (Å²) in [5.41, 5.74) is 5.26. The molecule has 0 aliphatic carbocycles. The van der Waals surface area contributed by atoms with Gasteiger partial charge >= 0.3 is 12.1 Å². The van der Waals surface area contributed by atoms with Gasteiger partial charge in [0.15, 0.2) is 0 Å². The maximum absolute atomic E-state index is 13.4. The third kappa shape index (κ3) is 10.3. The van der Waals surface area contributed by atoms with Crippen LogP contribution in [0.5, 0.6) is 0 Å². The molecule has 1 aromatic carbocycles. The number of nitrogens with two attached hydrogens (primary N) is 1. The van der Waals surface area contributed by atoms with Gasteiger partial charge < -0.3 is 30.7 Å². The zero-order valence-corrected chi connectivity index (χ0v) is 23.4. The lowest BCUT2D eigenvalue weighted by molar-refractivity contribution is -0.165. The van der Waals surface area contributed by atoms with Crippen molar-refractivity contribution in [3.8, 4) is 0 Å². The van der Waals surface area contributed by atoms with Crippen molar-refractivity contribution in [3.05, 3.63) is 34.9 Å². The van der Waals surface area contributed by atoms with Crippen molar-refractivity contribution >= 4 is 35.3 Å². The van der Waals surface area contributed by atoms with Crippen molar-refractivity contribution < 1.29 is 41.8 Å². The SMILES string of the molecule is COCC(NC(=O)[C@H](C)N)C(=O)N[C@@]1(Cc2ccc(Cl)cc2)CCCN(C(=O)[C@@H](CC(=O)OC)CC(F)(F)F)C1. The van der Waals surface area contributed by atoms with Crippen molar-refractivity contribution in [2.24, 2.45) is 11.7 Å². The number of nitrogens with one attached hydrogen (secondary N) is 2. The second-order valence-electron chi connectivity index (χ2n) is 10.0. The Bertz CT molecular complexity index is 1040. The number of methoxy groups -OCH3 is 2. The minimum atomic E-state index is -4.69. The lowest BCUT2D eigenvalue weighted by Crippen LogP contribution is -2.65. The summed E-state index contributed by atoms with van der Waals surface area (Å²) >= 11 is 6.01. The number of nitrogens with zero attached hydrogens (tertiary/aromatic N) is 1. The van der Waals surface area contributed by atoms with E-state index in [0.717, 1.165) is 12.7 Å². The van der Waals surface area contributed by atoms with E-state index >= 15 is 0 Å². The third-order valence-electron chi connectivity index (χ3n) is 6.58. The number of amides is 3. The number of halogens is 4. The molecule has 1 saturated heterocycles. The van der Waals surface area contributed by atoms with Crippen LogP contribution >= 0.6 is 11.6 Å². The lowest BCUT2D eigenvalue weighted by atomic mass is 9.82. The van der Waals surface area contributed by atoms with Crippen LogP contribution in [0.25, 0.3) is 0 Å². The molecule has 0 spiro atoms. The highest BCUT2D eigenvalue weighted by atomic mass is 35.5. The highest BCUT2D eigenvalue weighted by Gasteiger charge is 2.44. The van der Waals surface area contributed by atoms with Crippen LogP contribution in [-0.4, -0.2) is 86.3 Å². The molecule has 40 heavy (non-hydrogen) atoms. The van der Waals surface area contributed by atoms with Gasteiger partial charge in [-0.3, -0.25) is 19.2 Å². The quantitative estimate of drug-likeness (QED) is 0.315. The van der Waals surface area contributed by atoms with Crippen LogP contribution < -0.4 is 16.4 Å². The van der Waals surface area contributed by atoms with Gasteiger partial charge in [0.1, 0.15) is 6.04 Å². The molecule has 2 rings (SSSR count). The molecule has 10 nitrogen and oxygen atoms in total. The first kappa shape index (κ1) is 33.3. The van der Waals surface area contributed by atoms with Crippen molar-refractivity contribution in [2.75, 3.05) is 33.9 Å². The number of piperidine rings is 1. The summed E-state index contributed by atoms with van der Waals surface area (Å²) in [6.07, 6.45) is -5.97. The zero-order chi connectivity index (χ0) is 30.1. The first-order chi connectivity index (χ1) is 18.7. The molecular formula is C26H36ClF3N4O6. The highest BCUT2D eigenvalue weighted by molar-refractivity contribution is 6.30. The van der Waals surface area contributed by atoms with Crippen LogP contribution in [0, 0.1) is 5.92 Å². The predicted octanol–water partition coefficient (Wildman–Crippen LogP) is 1.97. The summed E-state index contributed by atoms with van der Waals surface area (Å²) in [5.74, 6) is -4.67. The summed E-state index contributed by atoms with van der Waals surface area (Å²) in [6, 6.07) is 4.79. The van der Waals surface area contributed by atoms with Crippen LogP contribution in [0.3, 0.4) is 0 Å². The van der Waals surface area contributed by atoms with E-state index in [1.165, 1.54) is 18.9 Å². The molecule has 4 N–H and O–H groups in total. The third-order valence-corrected chi connectivity index (χ3v) is 6.83. The molecular weight excluding hydrogens is 557 g/mol. The predicted molar refractivity (Wildman–Crippen MR) is 140 cm³/mol. The number of likely N-dealkylation sites (tertiary alicyclic amines) is 1. The number of carbonyl (C=O) groups is 4. The first-order valence-corrected chi connectivity index (χ1v) is 13.1. The normalized spacial score (nSPS) is 19.8. The van der Waals surface area contributed by atoms with Gasteiger partial charge in [-0.1, -0.05) is 23.7 Å². The largest absolute Gasteiger partial charge is 0.469 e. The van der Waals surface area contributed by atoms with E-state index in [1.54, 1.807) is 24.3 Å². The molecule has 0 saturated carbocycles. The van der Waals surface area contributed by atoms with Crippen molar-refractivity contribution in [1.29, 1.82) is 0 Å². The Balaban J connectivity index is 2.39. The Morgan fingerprint density at radius 2 is 1.80 bits per heavy atom. The minimum Gasteiger partial charge on any atom is -0.469 e. The van der Waals surface area contributed by atoms with Gasteiger partial charge in [-0.25, -0.2) is 0 Å². The monoisotopic (exact) mass is 592 g/mol. The summed E-state index contributed by atoms with van der Waals surface area (Å²) < 4.78 is 49.5. The van der Waals surface area contributed by atoms with E-state index in [1.807, 2.05) is 0 Å². The Hall–Kier alpha value is -2.90. The van der Waals surface area contributed by atoms with Gasteiger partial charge in [-0.15, -0.1) is 0 Å². The average molecular weight is 593 g/mol. The summed E-state index contributed by atoms with van der Waals surface area (Å²) in [4.78, 5) is 52.0. The van der Waals surface area contributed by atoms with E-state index in [0.29, 0.717) is 17.9 Å². The van der Waals surface area contributed by atoms with Gasteiger partial charge in [-0.05, 0) is 43.9 Å². The Morgan fingerprint density at radius 1 is 1.15 bits per heavy atom. The van der Waals surface area contributed by atoms with Gasteiger partial charge in [-0.2, -0.15) is 13.2 Å². The molecule has 0 bridgehead atoms. The first-order valence-electron chi connectivity index (χ1n) is 12.7. The molecule has 0 radical (unpaired) electrons. The lowest BCUT2D eigenvalue weighted by Gasteiger charge is -2.45. The number of hydrogen-bond acceptors (Lipinski definition) is 7. The fourth-order valence-corrected chi connectivity index (χ4v) is 4.80. The maximum Gasteiger partial charge on any atom is 0.389 e. The average Bonchev–Trinajstić information content (AvgIpc) is 2.88. The van der Waals surface area contributed by atoms with Crippen LogP contribution in [0.1, 0.15) is 38.2 Å². The molecule has 0 aromatic heterocycles. The summed E-state index contributed by atoms with van der Waals surface area (Å²) in [7, 11) is 2.39. The molecule has 1 heterocycles. The second-order valence-corrected chi connectivity index (χ2v) is 10.5. The zero-order valence-electron chi connectivity index (χ0n) is 22.7. The van der Waals surface area contributed by atoms with Crippen molar-refractivity contribution in [2.45, 2.75) is 62.8 Å². The molecule has 1 aromatic rings. The number of ether oxygens (including phenoxy) is 2. The second kappa shape index (κ2) is 14.6. The summed E-state index contributed by atoms with van der Waals surface area (Å²) in [5, 5.41) is 5.94. The Labute approximate surface area is 236 Å². The van der Waals surface area contributed by atoms with Gasteiger partial charge in [0, 0.05) is 25.2 Å². The molecule has 4 atom stereocenters.